The molecule has 0 aliphatic heterocycles. The summed E-state index contributed by atoms with van der Waals surface area (Å²) in [5.74, 6) is 1.22. The molecule has 118 valence electrons. The fourth-order valence-electron chi connectivity index (χ4n) is 2.88. The van der Waals surface area contributed by atoms with E-state index >= 15 is 0 Å². The average Bonchev–Trinajstić information content (AvgIpc) is 3.31. The van der Waals surface area contributed by atoms with Crippen LogP contribution in [0.4, 0.5) is 0 Å². The summed E-state index contributed by atoms with van der Waals surface area (Å²) in [6.07, 6.45) is 2.25. The Hall–Kier alpha value is -2.63. The number of rotatable bonds is 2. The third-order valence-electron chi connectivity index (χ3n) is 4.58. The summed E-state index contributed by atoms with van der Waals surface area (Å²) in [7, 11) is 3.16. The van der Waals surface area contributed by atoms with Crippen LogP contribution < -0.4 is 11.2 Å². The summed E-state index contributed by atoms with van der Waals surface area (Å²) in [5, 5.41) is 0. The molecule has 23 heavy (non-hydrogen) atoms. The lowest BCUT2D eigenvalue weighted by Gasteiger charge is -2.11. The molecule has 6 heteroatoms. The highest BCUT2D eigenvalue weighted by Gasteiger charge is 2.29. The van der Waals surface area contributed by atoms with Gasteiger partial charge in [-0.05, 0) is 37.5 Å². The van der Waals surface area contributed by atoms with E-state index in [1.807, 2.05) is 18.2 Å². The Bertz CT molecular complexity index is 1050. The van der Waals surface area contributed by atoms with Crippen LogP contribution in [0.2, 0.25) is 0 Å². The first-order valence-electron chi connectivity index (χ1n) is 7.65. The number of hydrogen-bond acceptors (Lipinski definition) is 4. The molecule has 2 aromatic heterocycles. The minimum absolute atomic E-state index is 0.295. The molecule has 1 saturated carbocycles. The van der Waals surface area contributed by atoms with Gasteiger partial charge in [0.1, 0.15) is 5.52 Å². The first-order chi connectivity index (χ1) is 11.0. The summed E-state index contributed by atoms with van der Waals surface area (Å²) < 4.78 is 8.38. The van der Waals surface area contributed by atoms with E-state index in [2.05, 4.69) is 4.98 Å². The van der Waals surface area contributed by atoms with Gasteiger partial charge in [0.25, 0.3) is 5.56 Å². The maximum atomic E-state index is 12.5. The number of benzene rings is 1. The van der Waals surface area contributed by atoms with Crippen molar-refractivity contribution in [2.75, 3.05) is 0 Å². The molecule has 0 unspecified atom stereocenters. The van der Waals surface area contributed by atoms with E-state index < -0.39 is 0 Å². The minimum atomic E-state index is -0.324. The van der Waals surface area contributed by atoms with Gasteiger partial charge in [-0.25, -0.2) is 9.78 Å². The number of oxazole rings is 1. The smallest absolute Gasteiger partial charge is 0.330 e. The van der Waals surface area contributed by atoms with E-state index in [0.717, 1.165) is 40.0 Å². The molecule has 0 spiro atoms. The second kappa shape index (κ2) is 4.68. The predicted octanol–water partition coefficient (Wildman–Crippen LogP) is 2.08. The van der Waals surface area contributed by atoms with Crippen LogP contribution in [-0.2, 0) is 14.1 Å². The third-order valence-corrected chi connectivity index (χ3v) is 4.58. The first kappa shape index (κ1) is 14.0. The Morgan fingerprint density at radius 2 is 1.91 bits per heavy atom. The number of aromatic nitrogens is 3. The van der Waals surface area contributed by atoms with Crippen LogP contribution in [0.15, 0.2) is 32.2 Å². The van der Waals surface area contributed by atoms with Gasteiger partial charge >= 0.3 is 5.69 Å². The molecular weight excluding hydrogens is 294 g/mol. The van der Waals surface area contributed by atoms with Gasteiger partial charge in [-0.1, -0.05) is 6.07 Å². The van der Waals surface area contributed by atoms with Crippen LogP contribution in [0, 0.1) is 6.92 Å². The molecule has 0 saturated heterocycles. The zero-order chi connectivity index (χ0) is 16.3. The molecular formula is C17H17N3O3. The van der Waals surface area contributed by atoms with Gasteiger partial charge in [0.2, 0.25) is 0 Å². The fraction of sp³-hybridized carbons (Fsp3) is 0.353. The van der Waals surface area contributed by atoms with Crippen LogP contribution in [-0.4, -0.2) is 14.1 Å². The average molecular weight is 311 g/mol. The summed E-state index contributed by atoms with van der Waals surface area (Å²) in [5.41, 5.74) is 2.78. The lowest BCUT2D eigenvalue weighted by molar-refractivity contribution is 0.533. The molecule has 1 aliphatic rings. The molecule has 2 heterocycles. The van der Waals surface area contributed by atoms with Crippen LogP contribution in [0.3, 0.4) is 0 Å². The van der Waals surface area contributed by atoms with Crippen molar-refractivity contribution in [3.63, 3.8) is 0 Å². The SMILES string of the molecule is Cc1c(-c2ccc3oc(C4CC4)nc3c2)c(=O)n(C)c(=O)n1C. The van der Waals surface area contributed by atoms with Crippen molar-refractivity contribution in [3.8, 4) is 11.1 Å². The summed E-state index contributed by atoms with van der Waals surface area (Å²) in [6.45, 7) is 1.78. The minimum Gasteiger partial charge on any atom is -0.440 e. The molecule has 0 N–H and O–H groups in total. The molecule has 6 nitrogen and oxygen atoms in total. The lowest BCUT2D eigenvalue weighted by atomic mass is 10.1. The summed E-state index contributed by atoms with van der Waals surface area (Å²) >= 11 is 0. The second-order valence-corrected chi connectivity index (χ2v) is 6.18. The zero-order valence-electron chi connectivity index (χ0n) is 13.3. The predicted molar refractivity (Wildman–Crippen MR) is 86.6 cm³/mol. The van der Waals surface area contributed by atoms with E-state index in [0.29, 0.717) is 17.2 Å². The monoisotopic (exact) mass is 311 g/mol. The molecule has 0 radical (unpaired) electrons. The van der Waals surface area contributed by atoms with Crippen molar-refractivity contribution in [2.45, 2.75) is 25.7 Å². The molecule has 1 aromatic carbocycles. The van der Waals surface area contributed by atoms with Crippen molar-refractivity contribution in [1.29, 1.82) is 0 Å². The largest absolute Gasteiger partial charge is 0.440 e. The van der Waals surface area contributed by atoms with Crippen LogP contribution in [0.5, 0.6) is 0 Å². The maximum absolute atomic E-state index is 12.5. The zero-order valence-corrected chi connectivity index (χ0v) is 13.3. The van der Waals surface area contributed by atoms with E-state index in [9.17, 15) is 9.59 Å². The van der Waals surface area contributed by atoms with Crippen molar-refractivity contribution < 1.29 is 4.42 Å². The van der Waals surface area contributed by atoms with Crippen LogP contribution in [0.1, 0.15) is 30.3 Å². The highest BCUT2D eigenvalue weighted by Crippen LogP contribution is 2.40. The van der Waals surface area contributed by atoms with Gasteiger partial charge in [-0.15, -0.1) is 0 Å². The van der Waals surface area contributed by atoms with E-state index in [4.69, 9.17) is 4.42 Å². The van der Waals surface area contributed by atoms with E-state index in [1.165, 1.54) is 11.6 Å². The van der Waals surface area contributed by atoms with Crippen LogP contribution in [0.25, 0.3) is 22.2 Å². The highest BCUT2D eigenvalue weighted by molar-refractivity contribution is 5.80. The number of nitrogens with zero attached hydrogens (tertiary/aromatic N) is 3. The Labute approximate surface area is 132 Å². The number of fused-ring (bicyclic) bond motifs is 1. The second-order valence-electron chi connectivity index (χ2n) is 6.18. The number of hydrogen-bond donors (Lipinski definition) is 0. The normalized spacial score (nSPS) is 14.6. The summed E-state index contributed by atoms with van der Waals surface area (Å²) in [4.78, 5) is 29.1. The van der Waals surface area contributed by atoms with Gasteiger partial charge in [-0.2, -0.15) is 0 Å². The highest BCUT2D eigenvalue weighted by atomic mass is 16.3. The van der Waals surface area contributed by atoms with Gasteiger partial charge in [0.15, 0.2) is 11.5 Å². The molecule has 0 bridgehead atoms. The van der Waals surface area contributed by atoms with E-state index in [-0.39, 0.29) is 11.2 Å². The lowest BCUT2D eigenvalue weighted by Crippen LogP contribution is -2.39. The maximum Gasteiger partial charge on any atom is 0.330 e. The molecule has 0 atom stereocenters. The Morgan fingerprint density at radius 1 is 1.17 bits per heavy atom. The fourth-order valence-corrected chi connectivity index (χ4v) is 2.88. The standard InChI is InChI=1S/C17H17N3O3/c1-9-14(16(21)20(3)17(22)19(9)2)11-6-7-13-12(8-11)18-15(23-13)10-4-5-10/h6-8,10H,4-5H2,1-3H3. The van der Waals surface area contributed by atoms with Gasteiger partial charge < -0.3 is 8.98 Å². The molecule has 1 aliphatic carbocycles. The Balaban J connectivity index is 1.95. The van der Waals surface area contributed by atoms with Crippen molar-refractivity contribution in [1.82, 2.24) is 14.1 Å². The Kier molecular flexibility index (Phi) is 2.85. The van der Waals surface area contributed by atoms with Crippen molar-refractivity contribution in [2.24, 2.45) is 14.1 Å². The van der Waals surface area contributed by atoms with Crippen molar-refractivity contribution in [3.05, 3.63) is 50.6 Å². The molecule has 0 amide bonds. The van der Waals surface area contributed by atoms with Gasteiger partial charge in [-0.3, -0.25) is 9.36 Å². The molecule has 1 fully saturated rings. The first-order valence-corrected chi connectivity index (χ1v) is 7.65. The third kappa shape index (κ3) is 2.05. The molecule has 3 aromatic rings. The van der Waals surface area contributed by atoms with E-state index in [1.54, 1.807) is 14.0 Å². The Morgan fingerprint density at radius 3 is 2.61 bits per heavy atom. The topological polar surface area (TPSA) is 70.0 Å². The molecule has 4 rings (SSSR count). The van der Waals surface area contributed by atoms with Crippen LogP contribution >= 0.6 is 0 Å². The van der Waals surface area contributed by atoms with Crippen molar-refractivity contribution >= 4 is 11.1 Å². The van der Waals surface area contributed by atoms with Gasteiger partial charge in [0, 0.05) is 25.7 Å². The summed E-state index contributed by atoms with van der Waals surface area (Å²) in [6, 6.07) is 5.55. The van der Waals surface area contributed by atoms with Gasteiger partial charge in [0.05, 0.1) is 5.56 Å². The quantitative estimate of drug-likeness (QED) is 0.726.